The van der Waals surface area contributed by atoms with E-state index in [-0.39, 0.29) is 24.7 Å². The minimum Gasteiger partial charge on any atom is -0.480 e. The van der Waals surface area contributed by atoms with Gasteiger partial charge in [-0.05, 0) is 37.1 Å². The van der Waals surface area contributed by atoms with E-state index in [0.29, 0.717) is 0 Å². The number of carboxylic acids is 1. The van der Waals surface area contributed by atoms with Crippen LogP contribution in [0.5, 0.6) is 0 Å². The zero-order valence-corrected chi connectivity index (χ0v) is 15.2. The maximum Gasteiger partial charge on any atom is 0.326 e. The summed E-state index contributed by atoms with van der Waals surface area (Å²) in [6.45, 7) is 4.25. The second-order valence-corrected chi connectivity index (χ2v) is 6.77. The van der Waals surface area contributed by atoms with Crippen molar-refractivity contribution >= 4 is 39.6 Å². The SMILES string of the molecule is COCCC(NC(=O)CSc1cc(C)c(Br)cc1C)C(=O)O. The molecule has 0 aromatic heterocycles. The second-order valence-electron chi connectivity index (χ2n) is 4.90. The number of rotatable bonds is 8. The van der Waals surface area contributed by atoms with Crippen molar-refractivity contribution in [2.75, 3.05) is 19.5 Å². The molecular formula is C15H20BrNO4S. The Morgan fingerprint density at radius 3 is 2.64 bits per heavy atom. The fraction of sp³-hybridized carbons (Fsp3) is 0.467. The molecule has 0 aliphatic rings. The Morgan fingerprint density at radius 1 is 1.36 bits per heavy atom. The van der Waals surface area contributed by atoms with Gasteiger partial charge in [-0.2, -0.15) is 0 Å². The molecule has 1 rings (SSSR count). The van der Waals surface area contributed by atoms with Gasteiger partial charge in [-0.1, -0.05) is 15.9 Å². The Morgan fingerprint density at radius 2 is 2.05 bits per heavy atom. The van der Waals surface area contributed by atoms with Crippen LogP contribution in [0.2, 0.25) is 0 Å². The normalized spacial score (nSPS) is 12.0. The molecule has 1 aromatic carbocycles. The molecule has 1 unspecified atom stereocenters. The summed E-state index contributed by atoms with van der Waals surface area (Å²) in [5.74, 6) is -1.17. The Balaban J connectivity index is 2.58. The van der Waals surface area contributed by atoms with Crippen LogP contribution in [-0.4, -0.2) is 42.5 Å². The summed E-state index contributed by atoms with van der Waals surface area (Å²) < 4.78 is 5.88. The Hall–Kier alpha value is -1.05. The van der Waals surface area contributed by atoms with Gasteiger partial charge in [0.15, 0.2) is 0 Å². The van der Waals surface area contributed by atoms with Gasteiger partial charge in [0.05, 0.1) is 5.75 Å². The number of amides is 1. The van der Waals surface area contributed by atoms with Crippen LogP contribution >= 0.6 is 27.7 Å². The summed E-state index contributed by atoms with van der Waals surface area (Å²) in [7, 11) is 1.50. The number of aliphatic carboxylic acids is 1. The summed E-state index contributed by atoms with van der Waals surface area (Å²) in [5.41, 5.74) is 2.17. The van der Waals surface area contributed by atoms with Crippen LogP contribution in [0.15, 0.2) is 21.5 Å². The van der Waals surface area contributed by atoms with Gasteiger partial charge in [-0.25, -0.2) is 4.79 Å². The Bertz CT molecular complexity index is 551. The van der Waals surface area contributed by atoms with Gasteiger partial charge in [0.1, 0.15) is 6.04 Å². The zero-order chi connectivity index (χ0) is 16.7. The third-order valence-electron chi connectivity index (χ3n) is 3.06. The Kier molecular flexibility index (Phi) is 7.92. The third-order valence-corrected chi connectivity index (χ3v) is 5.07. The molecule has 0 saturated heterocycles. The lowest BCUT2D eigenvalue weighted by Crippen LogP contribution is -2.42. The number of carbonyl (C=O) groups excluding carboxylic acids is 1. The minimum atomic E-state index is -1.05. The van der Waals surface area contributed by atoms with E-state index in [4.69, 9.17) is 9.84 Å². The lowest BCUT2D eigenvalue weighted by molar-refractivity contribution is -0.142. The molecule has 22 heavy (non-hydrogen) atoms. The topological polar surface area (TPSA) is 75.6 Å². The number of aryl methyl sites for hydroxylation is 2. The molecule has 5 nitrogen and oxygen atoms in total. The van der Waals surface area contributed by atoms with Crippen molar-refractivity contribution < 1.29 is 19.4 Å². The summed E-state index contributed by atoms with van der Waals surface area (Å²) in [6.07, 6.45) is 0.249. The van der Waals surface area contributed by atoms with E-state index in [9.17, 15) is 9.59 Å². The van der Waals surface area contributed by atoms with E-state index in [1.165, 1.54) is 18.9 Å². The van der Waals surface area contributed by atoms with Crippen molar-refractivity contribution in [1.82, 2.24) is 5.32 Å². The van der Waals surface area contributed by atoms with Gasteiger partial charge < -0.3 is 15.2 Å². The largest absolute Gasteiger partial charge is 0.480 e. The molecular weight excluding hydrogens is 370 g/mol. The molecule has 0 saturated carbocycles. The van der Waals surface area contributed by atoms with Gasteiger partial charge in [0.2, 0.25) is 5.91 Å². The zero-order valence-electron chi connectivity index (χ0n) is 12.8. The highest BCUT2D eigenvalue weighted by Gasteiger charge is 2.19. The number of carbonyl (C=O) groups is 2. The van der Waals surface area contributed by atoms with Crippen molar-refractivity contribution in [3.63, 3.8) is 0 Å². The lowest BCUT2D eigenvalue weighted by Gasteiger charge is -2.14. The molecule has 1 aromatic rings. The van der Waals surface area contributed by atoms with E-state index in [2.05, 4.69) is 21.2 Å². The first-order valence-corrected chi connectivity index (χ1v) is 8.53. The monoisotopic (exact) mass is 389 g/mol. The predicted molar refractivity (Wildman–Crippen MR) is 90.4 cm³/mol. The highest BCUT2D eigenvalue weighted by molar-refractivity contribution is 9.10. The van der Waals surface area contributed by atoms with Crippen LogP contribution < -0.4 is 5.32 Å². The maximum absolute atomic E-state index is 11.9. The summed E-state index contributed by atoms with van der Waals surface area (Å²) in [5, 5.41) is 11.6. The average Bonchev–Trinajstić information content (AvgIpc) is 2.45. The van der Waals surface area contributed by atoms with Gasteiger partial charge >= 0.3 is 5.97 Å². The summed E-state index contributed by atoms with van der Waals surface area (Å²) in [6, 6.07) is 3.10. The van der Waals surface area contributed by atoms with Gasteiger partial charge in [0.25, 0.3) is 0 Å². The highest BCUT2D eigenvalue weighted by atomic mass is 79.9. The highest BCUT2D eigenvalue weighted by Crippen LogP contribution is 2.28. The molecule has 0 aliphatic carbocycles. The Labute approximate surface area is 142 Å². The van der Waals surface area contributed by atoms with Crippen LogP contribution in [0.4, 0.5) is 0 Å². The van der Waals surface area contributed by atoms with Crippen molar-refractivity contribution in [2.24, 2.45) is 0 Å². The van der Waals surface area contributed by atoms with Crippen molar-refractivity contribution in [1.29, 1.82) is 0 Å². The number of hydrogen-bond donors (Lipinski definition) is 2. The first-order chi connectivity index (χ1) is 10.3. The van der Waals surface area contributed by atoms with E-state index in [1.54, 1.807) is 0 Å². The second kappa shape index (κ2) is 9.17. The smallest absolute Gasteiger partial charge is 0.326 e. The van der Waals surface area contributed by atoms with Gasteiger partial charge in [-0.3, -0.25) is 4.79 Å². The molecule has 2 N–H and O–H groups in total. The molecule has 122 valence electrons. The van der Waals surface area contributed by atoms with Crippen LogP contribution in [0, 0.1) is 13.8 Å². The number of ether oxygens (including phenoxy) is 1. The lowest BCUT2D eigenvalue weighted by atomic mass is 10.2. The fourth-order valence-corrected chi connectivity index (χ4v) is 3.16. The number of thioether (sulfide) groups is 1. The summed E-state index contributed by atoms with van der Waals surface area (Å²) in [4.78, 5) is 24.0. The molecule has 0 aliphatic heterocycles. The van der Waals surface area contributed by atoms with E-state index >= 15 is 0 Å². The van der Waals surface area contributed by atoms with E-state index in [1.807, 2.05) is 26.0 Å². The third kappa shape index (κ3) is 5.98. The molecule has 0 spiro atoms. The molecule has 0 fully saturated rings. The van der Waals surface area contributed by atoms with Crippen LogP contribution in [0.1, 0.15) is 17.5 Å². The minimum absolute atomic E-state index is 0.179. The van der Waals surface area contributed by atoms with Crippen LogP contribution in [0.3, 0.4) is 0 Å². The number of hydrogen-bond acceptors (Lipinski definition) is 4. The summed E-state index contributed by atoms with van der Waals surface area (Å²) >= 11 is 4.87. The molecule has 7 heteroatoms. The van der Waals surface area contributed by atoms with Crippen LogP contribution in [0.25, 0.3) is 0 Å². The number of halogens is 1. The maximum atomic E-state index is 11.9. The molecule has 1 atom stereocenters. The van der Waals surface area contributed by atoms with Crippen LogP contribution in [-0.2, 0) is 14.3 Å². The van der Waals surface area contributed by atoms with Gasteiger partial charge in [0, 0.05) is 29.5 Å². The van der Waals surface area contributed by atoms with Crippen molar-refractivity contribution in [2.45, 2.75) is 31.2 Å². The molecule has 1 amide bonds. The van der Waals surface area contributed by atoms with Crippen molar-refractivity contribution in [3.05, 3.63) is 27.7 Å². The number of nitrogens with one attached hydrogen (secondary N) is 1. The molecule has 0 radical (unpaired) electrons. The number of benzene rings is 1. The first kappa shape index (κ1) is 19.0. The average molecular weight is 390 g/mol. The first-order valence-electron chi connectivity index (χ1n) is 6.75. The standard InChI is InChI=1S/C15H20BrNO4S/c1-9-7-13(10(2)6-11(9)16)22-8-14(18)17-12(15(19)20)4-5-21-3/h6-7,12H,4-5,8H2,1-3H3,(H,17,18)(H,19,20). The molecule has 0 heterocycles. The van der Waals surface area contributed by atoms with Gasteiger partial charge in [-0.15, -0.1) is 11.8 Å². The molecule has 0 bridgehead atoms. The van der Waals surface area contributed by atoms with E-state index < -0.39 is 12.0 Å². The predicted octanol–water partition coefficient (Wildman–Crippen LogP) is 2.76. The quantitative estimate of drug-likeness (QED) is 0.668. The number of carboxylic acid groups (broad SMARTS) is 1. The number of methoxy groups -OCH3 is 1. The van der Waals surface area contributed by atoms with E-state index in [0.717, 1.165) is 20.5 Å². The fourth-order valence-electron chi connectivity index (χ4n) is 1.78. The van der Waals surface area contributed by atoms with Crippen molar-refractivity contribution in [3.8, 4) is 0 Å².